The second kappa shape index (κ2) is 7.92. The molecule has 0 N–H and O–H groups in total. The minimum Gasteiger partial charge on any atom is -0.489 e. The van der Waals surface area contributed by atoms with Crippen LogP contribution in [0.1, 0.15) is 22.3 Å². The van der Waals surface area contributed by atoms with Crippen LogP contribution in [0.5, 0.6) is 5.75 Å². The van der Waals surface area contributed by atoms with Crippen LogP contribution in [-0.4, -0.2) is 11.9 Å². The van der Waals surface area contributed by atoms with Gasteiger partial charge in [0.1, 0.15) is 12.4 Å². The summed E-state index contributed by atoms with van der Waals surface area (Å²) < 4.78 is 11.1. The lowest BCUT2D eigenvalue weighted by atomic mass is 10.1. The van der Waals surface area contributed by atoms with Crippen molar-refractivity contribution in [2.75, 3.05) is 0 Å². The van der Waals surface area contributed by atoms with Crippen molar-refractivity contribution in [3.63, 3.8) is 0 Å². The van der Waals surface area contributed by atoms with Gasteiger partial charge in [-0.25, -0.2) is 9.79 Å². The number of cyclic esters (lactones) is 1. The highest BCUT2D eigenvalue weighted by atomic mass is 16.6. The van der Waals surface area contributed by atoms with Crippen LogP contribution in [0, 0.1) is 6.92 Å². The van der Waals surface area contributed by atoms with Crippen molar-refractivity contribution < 1.29 is 14.3 Å². The molecule has 4 nitrogen and oxygen atoms in total. The first-order chi connectivity index (χ1) is 13.7. The van der Waals surface area contributed by atoms with Gasteiger partial charge in [-0.05, 0) is 47.9 Å². The van der Waals surface area contributed by atoms with E-state index >= 15 is 0 Å². The smallest absolute Gasteiger partial charge is 0.363 e. The summed E-state index contributed by atoms with van der Waals surface area (Å²) in [5.41, 5.74) is 4.09. The number of hydrogen-bond donors (Lipinski definition) is 0. The van der Waals surface area contributed by atoms with Crippen LogP contribution in [-0.2, 0) is 16.1 Å². The van der Waals surface area contributed by atoms with Gasteiger partial charge < -0.3 is 9.47 Å². The molecule has 3 aromatic carbocycles. The number of rotatable bonds is 5. The molecule has 1 aliphatic heterocycles. The first-order valence-electron chi connectivity index (χ1n) is 9.04. The van der Waals surface area contributed by atoms with Crippen molar-refractivity contribution in [1.29, 1.82) is 0 Å². The predicted octanol–water partition coefficient (Wildman–Crippen LogP) is 4.92. The number of carbonyl (C=O) groups excluding carboxylic acids is 1. The van der Waals surface area contributed by atoms with Crippen LogP contribution in [0.2, 0.25) is 0 Å². The molecule has 138 valence electrons. The van der Waals surface area contributed by atoms with Crippen molar-refractivity contribution in [3.8, 4) is 5.75 Å². The Balaban J connectivity index is 1.48. The van der Waals surface area contributed by atoms with E-state index in [4.69, 9.17) is 9.47 Å². The average Bonchev–Trinajstić information content (AvgIpc) is 3.08. The van der Waals surface area contributed by atoms with Crippen molar-refractivity contribution in [2.45, 2.75) is 13.5 Å². The lowest BCUT2D eigenvalue weighted by Gasteiger charge is -2.06. The maximum Gasteiger partial charge on any atom is 0.363 e. The third-order valence-corrected chi connectivity index (χ3v) is 4.43. The summed E-state index contributed by atoms with van der Waals surface area (Å²) in [5.74, 6) is 0.670. The molecule has 0 unspecified atom stereocenters. The van der Waals surface area contributed by atoms with Crippen LogP contribution in [0.3, 0.4) is 0 Å². The third kappa shape index (κ3) is 4.01. The first kappa shape index (κ1) is 17.7. The number of nitrogens with zero attached hydrogens (tertiary/aromatic N) is 1. The molecular formula is C24H19NO3. The molecule has 4 rings (SSSR count). The Hall–Kier alpha value is -3.66. The molecular weight excluding hydrogens is 350 g/mol. The van der Waals surface area contributed by atoms with E-state index in [1.165, 1.54) is 0 Å². The van der Waals surface area contributed by atoms with Gasteiger partial charge in [0.05, 0.1) is 0 Å². The molecule has 0 spiro atoms. The Kier molecular flexibility index (Phi) is 5.02. The van der Waals surface area contributed by atoms with Gasteiger partial charge in [-0.1, -0.05) is 60.7 Å². The average molecular weight is 369 g/mol. The fraction of sp³-hybridized carbons (Fsp3) is 0.0833. The first-order valence-corrected chi connectivity index (χ1v) is 9.04. The van der Waals surface area contributed by atoms with E-state index in [-0.39, 0.29) is 5.70 Å². The molecule has 0 saturated carbocycles. The minimum absolute atomic E-state index is 0.288. The predicted molar refractivity (Wildman–Crippen MR) is 109 cm³/mol. The van der Waals surface area contributed by atoms with E-state index in [9.17, 15) is 4.79 Å². The van der Waals surface area contributed by atoms with Crippen molar-refractivity contribution in [3.05, 3.63) is 107 Å². The van der Waals surface area contributed by atoms with E-state index in [1.54, 1.807) is 6.08 Å². The fourth-order valence-corrected chi connectivity index (χ4v) is 2.90. The Morgan fingerprint density at radius 2 is 1.64 bits per heavy atom. The van der Waals surface area contributed by atoms with Crippen molar-refractivity contribution >= 4 is 17.9 Å². The molecule has 0 aromatic heterocycles. The molecule has 1 aliphatic rings. The molecule has 0 saturated heterocycles. The maximum atomic E-state index is 12.2. The summed E-state index contributed by atoms with van der Waals surface area (Å²) in [5, 5.41) is 0. The molecule has 0 amide bonds. The second-order valence-corrected chi connectivity index (χ2v) is 6.49. The Labute approximate surface area is 163 Å². The highest BCUT2D eigenvalue weighted by Crippen LogP contribution is 2.22. The Morgan fingerprint density at radius 3 is 2.39 bits per heavy atom. The molecule has 0 atom stereocenters. The molecule has 0 bridgehead atoms. The van der Waals surface area contributed by atoms with Crippen LogP contribution >= 0.6 is 0 Å². The van der Waals surface area contributed by atoms with Crippen LogP contribution in [0.4, 0.5) is 0 Å². The van der Waals surface area contributed by atoms with Gasteiger partial charge in [0.15, 0.2) is 5.70 Å². The number of benzene rings is 3. The zero-order valence-electron chi connectivity index (χ0n) is 15.5. The van der Waals surface area contributed by atoms with Gasteiger partial charge >= 0.3 is 5.97 Å². The third-order valence-electron chi connectivity index (χ3n) is 4.43. The highest BCUT2D eigenvalue weighted by Gasteiger charge is 2.24. The molecule has 0 aliphatic carbocycles. The second-order valence-electron chi connectivity index (χ2n) is 6.49. The van der Waals surface area contributed by atoms with Gasteiger partial charge in [0.2, 0.25) is 5.90 Å². The summed E-state index contributed by atoms with van der Waals surface area (Å²) in [4.78, 5) is 16.5. The van der Waals surface area contributed by atoms with Gasteiger partial charge in [-0.15, -0.1) is 0 Å². The number of ether oxygens (including phenoxy) is 2. The molecule has 1 heterocycles. The zero-order valence-corrected chi connectivity index (χ0v) is 15.5. The van der Waals surface area contributed by atoms with Crippen LogP contribution < -0.4 is 4.74 Å². The van der Waals surface area contributed by atoms with E-state index < -0.39 is 5.97 Å². The van der Waals surface area contributed by atoms with Crippen molar-refractivity contribution in [2.24, 2.45) is 4.99 Å². The Bertz CT molecular complexity index is 1050. The number of esters is 1. The fourth-order valence-electron chi connectivity index (χ4n) is 2.90. The van der Waals surface area contributed by atoms with E-state index in [2.05, 4.69) is 4.99 Å². The molecule has 4 heteroatoms. The topological polar surface area (TPSA) is 47.9 Å². The van der Waals surface area contributed by atoms with Gasteiger partial charge in [0, 0.05) is 5.56 Å². The number of aliphatic imine (C=N–C) groups is 1. The molecule has 3 aromatic rings. The lowest BCUT2D eigenvalue weighted by molar-refractivity contribution is -0.129. The summed E-state index contributed by atoms with van der Waals surface area (Å²) in [6.45, 7) is 2.47. The number of hydrogen-bond acceptors (Lipinski definition) is 4. The van der Waals surface area contributed by atoms with Crippen LogP contribution in [0.25, 0.3) is 6.08 Å². The number of carbonyl (C=O) groups is 1. The molecule has 0 fully saturated rings. The quantitative estimate of drug-likeness (QED) is 0.474. The lowest BCUT2D eigenvalue weighted by Crippen LogP contribution is -2.06. The van der Waals surface area contributed by atoms with E-state index in [0.29, 0.717) is 12.5 Å². The largest absolute Gasteiger partial charge is 0.489 e. The van der Waals surface area contributed by atoms with Gasteiger partial charge in [0.25, 0.3) is 0 Å². The van der Waals surface area contributed by atoms with Gasteiger partial charge in [-0.2, -0.15) is 0 Å². The minimum atomic E-state index is -0.442. The summed E-state index contributed by atoms with van der Waals surface area (Å²) in [6, 6.07) is 25.2. The van der Waals surface area contributed by atoms with Gasteiger partial charge in [-0.3, -0.25) is 0 Å². The molecule has 28 heavy (non-hydrogen) atoms. The summed E-state index contributed by atoms with van der Waals surface area (Å²) >= 11 is 0. The van der Waals surface area contributed by atoms with Crippen molar-refractivity contribution in [1.82, 2.24) is 0 Å². The Morgan fingerprint density at radius 1 is 0.929 bits per heavy atom. The maximum absolute atomic E-state index is 12.2. The monoisotopic (exact) mass is 369 g/mol. The summed E-state index contributed by atoms with van der Waals surface area (Å²) in [6.07, 6.45) is 1.72. The number of aryl methyl sites for hydroxylation is 1. The standard InChI is InChI=1S/C24H19NO3/c1-17-7-5-6-10-21(17)23-25-22(24(26)28-23)15-18-11-13-20(14-12-18)27-16-19-8-3-2-4-9-19/h2-15H,16H2,1H3. The van der Waals surface area contributed by atoms with E-state index in [0.717, 1.165) is 28.0 Å². The highest BCUT2D eigenvalue weighted by molar-refractivity contribution is 6.13. The molecule has 0 radical (unpaired) electrons. The zero-order chi connectivity index (χ0) is 19.3. The summed E-state index contributed by atoms with van der Waals surface area (Å²) in [7, 11) is 0. The van der Waals surface area contributed by atoms with Crippen LogP contribution in [0.15, 0.2) is 89.6 Å². The normalized spacial score (nSPS) is 14.7. The SMILES string of the molecule is Cc1ccccc1C1=NC(=Cc2ccc(OCc3ccccc3)cc2)C(=O)O1. The van der Waals surface area contributed by atoms with E-state index in [1.807, 2.05) is 85.8 Å².